The van der Waals surface area contributed by atoms with Crippen LogP contribution in [0, 0.1) is 0 Å². The predicted molar refractivity (Wildman–Crippen MR) is 79.3 cm³/mol. The van der Waals surface area contributed by atoms with Crippen molar-refractivity contribution in [2.75, 3.05) is 13.9 Å². The van der Waals surface area contributed by atoms with Crippen molar-refractivity contribution in [1.29, 1.82) is 0 Å². The summed E-state index contributed by atoms with van der Waals surface area (Å²) in [5.41, 5.74) is 1.64. The fraction of sp³-hybridized carbons (Fsp3) is 0.235. The van der Waals surface area contributed by atoms with E-state index in [-0.39, 0.29) is 30.9 Å². The Morgan fingerprint density at radius 1 is 1.13 bits per heavy atom. The second-order valence-corrected chi connectivity index (χ2v) is 5.41. The Kier molecular flexibility index (Phi) is 3.04. The lowest BCUT2D eigenvalue weighted by molar-refractivity contribution is -0.135. The lowest BCUT2D eigenvalue weighted by Crippen LogP contribution is -2.21. The number of methoxy groups -OCH3 is 1. The fourth-order valence-corrected chi connectivity index (χ4v) is 2.96. The van der Waals surface area contributed by atoms with Crippen molar-refractivity contribution in [3.05, 3.63) is 41.5 Å². The molecule has 2 aliphatic rings. The van der Waals surface area contributed by atoms with E-state index in [1.807, 2.05) is 12.1 Å². The first-order chi connectivity index (χ1) is 11.2. The number of aromatic hydroxyl groups is 1. The van der Waals surface area contributed by atoms with Gasteiger partial charge in [-0.3, -0.25) is 4.79 Å². The van der Waals surface area contributed by atoms with E-state index in [0.29, 0.717) is 23.0 Å². The molecule has 1 N–H and O–H groups in total. The number of carbonyl (C=O) groups excluding carboxylic acids is 1. The third-order valence-electron chi connectivity index (χ3n) is 4.08. The molecule has 4 rings (SSSR count). The molecule has 0 saturated carbocycles. The molecule has 0 saturated heterocycles. The van der Waals surface area contributed by atoms with Crippen molar-refractivity contribution in [2.45, 2.75) is 12.3 Å². The number of rotatable bonds is 2. The van der Waals surface area contributed by atoms with E-state index in [1.54, 1.807) is 18.2 Å². The molecular weight excluding hydrogens is 300 g/mol. The standard InChI is InChI=1S/C17H14O6/c1-20-13-3-2-9(4-12(13)18)10-6-17(19)23-14-7-16-15(5-11(10)14)21-8-22-16/h2-5,7,10,18H,6,8H2,1H3. The number of carbonyl (C=O) groups is 1. The Hall–Kier alpha value is -2.89. The van der Waals surface area contributed by atoms with Crippen molar-refractivity contribution >= 4 is 5.97 Å². The molecule has 2 aromatic rings. The van der Waals surface area contributed by atoms with E-state index in [2.05, 4.69) is 0 Å². The number of hydrogen-bond donors (Lipinski definition) is 1. The SMILES string of the molecule is COc1ccc(C2CC(=O)Oc3cc4c(cc32)OCO4)cc1O. The summed E-state index contributed by atoms with van der Waals surface area (Å²) >= 11 is 0. The van der Waals surface area contributed by atoms with E-state index in [1.165, 1.54) is 7.11 Å². The first-order valence-corrected chi connectivity index (χ1v) is 7.17. The lowest BCUT2D eigenvalue weighted by atomic mass is 9.86. The maximum Gasteiger partial charge on any atom is 0.312 e. The molecule has 0 radical (unpaired) electrons. The van der Waals surface area contributed by atoms with Crippen LogP contribution in [0.2, 0.25) is 0 Å². The molecule has 0 aliphatic carbocycles. The zero-order valence-corrected chi connectivity index (χ0v) is 12.4. The van der Waals surface area contributed by atoms with Gasteiger partial charge in [-0.1, -0.05) is 6.07 Å². The number of phenols is 1. The van der Waals surface area contributed by atoms with Crippen LogP contribution < -0.4 is 18.9 Å². The van der Waals surface area contributed by atoms with E-state index in [9.17, 15) is 9.90 Å². The summed E-state index contributed by atoms with van der Waals surface area (Å²) < 4.78 is 21.1. The molecule has 2 aliphatic heterocycles. The third kappa shape index (κ3) is 2.23. The molecule has 0 fully saturated rings. The lowest BCUT2D eigenvalue weighted by Gasteiger charge is -2.25. The number of hydrogen-bond acceptors (Lipinski definition) is 6. The molecule has 0 aromatic heterocycles. The van der Waals surface area contributed by atoms with Gasteiger partial charge in [-0.2, -0.15) is 0 Å². The Morgan fingerprint density at radius 3 is 2.65 bits per heavy atom. The van der Waals surface area contributed by atoms with E-state index in [4.69, 9.17) is 18.9 Å². The van der Waals surface area contributed by atoms with Gasteiger partial charge in [0.1, 0.15) is 5.75 Å². The molecule has 6 heteroatoms. The number of benzene rings is 2. The summed E-state index contributed by atoms with van der Waals surface area (Å²) in [6, 6.07) is 8.62. The van der Waals surface area contributed by atoms with Crippen molar-refractivity contribution in [3.63, 3.8) is 0 Å². The Balaban J connectivity index is 1.81. The number of esters is 1. The average Bonchev–Trinajstić information content (AvgIpc) is 2.99. The highest BCUT2D eigenvalue weighted by Gasteiger charge is 2.31. The third-order valence-corrected chi connectivity index (χ3v) is 4.08. The summed E-state index contributed by atoms with van der Waals surface area (Å²) in [4.78, 5) is 11.9. The van der Waals surface area contributed by atoms with Crippen molar-refractivity contribution in [2.24, 2.45) is 0 Å². The largest absolute Gasteiger partial charge is 0.504 e. The molecule has 0 spiro atoms. The summed E-state index contributed by atoms with van der Waals surface area (Å²) in [6.07, 6.45) is 0.193. The zero-order valence-electron chi connectivity index (χ0n) is 12.4. The van der Waals surface area contributed by atoms with Crippen LogP contribution in [0.25, 0.3) is 0 Å². The van der Waals surface area contributed by atoms with Crippen LogP contribution >= 0.6 is 0 Å². The fourth-order valence-electron chi connectivity index (χ4n) is 2.96. The minimum Gasteiger partial charge on any atom is -0.504 e. The van der Waals surface area contributed by atoms with E-state index in [0.717, 1.165) is 11.1 Å². The predicted octanol–water partition coefficient (Wildman–Crippen LogP) is 2.57. The van der Waals surface area contributed by atoms with Crippen LogP contribution in [0.15, 0.2) is 30.3 Å². The molecule has 2 aromatic carbocycles. The van der Waals surface area contributed by atoms with Crippen molar-refractivity contribution < 1.29 is 28.8 Å². The first kappa shape index (κ1) is 13.8. The van der Waals surface area contributed by atoms with Gasteiger partial charge in [-0.25, -0.2) is 0 Å². The summed E-state index contributed by atoms with van der Waals surface area (Å²) in [7, 11) is 1.49. The quantitative estimate of drug-likeness (QED) is 0.678. The van der Waals surface area contributed by atoms with Gasteiger partial charge in [0.05, 0.1) is 13.5 Å². The second-order valence-electron chi connectivity index (χ2n) is 5.41. The smallest absolute Gasteiger partial charge is 0.312 e. The normalized spacial score (nSPS) is 18.3. The van der Waals surface area contributed by atoms with Crippen LogP contribution in [0.1, 0.15) is 23.5 Å². The van der Waals surface area contributed by atoms with Crippen molar-refractivity contribution in [3.8, 4) is 28.7 Å². The second kappa shape index (κ2) is 5.08. The zero-order chi connectivity index (χ0) is 16.0. The number of ether oxygens (including phenoxy) is 4. The number of fused-ring (bicyclic) bond motifs is 2. The highest BCUT2D eigenvalue weighted by atomic mass is 16.7. The van der Waals surface area contributed by atoms with Crippen LogP contribution in [0.3, 0.4) is 0 Å². The molecule has 0 amide bonds. The topological polar surface area (TPSA) is 74.2 Å². The molecule has 23 heavy (non-hydrogen) atoms. The monoisotopic (exact) mass is 314 g/mol. The van der Waals surface area contributed by atoms with E-state index >= 15 is 0 Å². The molecule has 0 bridgehead atoms. The van der Waals surface area contributed by atoms with Gasteiger partial charge in [-0.15, -0.1) is 0 Å². The summed E-state index contributed by atoms with van der Waals surface area (Å²) in [5, 5.41) is 10.0. The van der Waals surface area contributed by atoms with Gasteiger partial charge in [0, 0.05) is 17.5 Å². The van der Waals surface area contributed by atoms with Crippen LogP contribution in [-0.4, -0.2) is 25.0 Å². The number of phenolic OH excluding ortho intramolecular Hbond substituents is 1. The maximum absolute atomic E-state index is 11.9. The average molecular weight is 314 g/mol. The Bertz CT molecular complexity index is 798. The minimum absolute atomic E-state index is 0.0336. The molecule has 1 unspecified atom stereocenters. The maximum atomic E-state index is 11.9. The highest BCUT2D eigenvalue weighted by molar-refractivity contribution is 5.78. The Labute approximate surface area is 132 Å². The van der Waals surface area contributed by atoms with Crippen LogP contribution in [-0.2, 0) is 4.79 Å². The molecular formula is C17H14O6. The minimum atomic E-state index is -0.323. The molecule has 118 valence electrons. The Morgan fingerprint density at radius 2 is 1.91 bits per heavy atom. The first-order valence-electron chi connectivity index (χ1n) is 7.17. The van der Waals surface area contributed by atoms with Gasteiger partial charge in [0.15, 0.2) is 23.0 Å². The van der Waals surface area contributed by atoms with E-state index < -0.39 is 0 Å². The van der Waals surface area contributed by atoms with Gasteiger partial charge in [0.2, 0.25) is 6.79 Å². The van der Waals surface area contributed by atoms with Gasteiger partial charge < -0.3 is 24.1 Å². The molecule has 1 atom stereocenters. The van der Waals surface area contributed by atoms with Crippen LogP contribution in [0.5, 0.6) is 28.7 Å². The molecule has 2 heterocycles. The van der Waals surface area contributed by atoms with Crippen LogP contribution in [0.4, 0.5) is 0 Å². The highest BCUT2D eigenvalue weighted by Crippen LogP contribution is 2.46. The summed E-state index contributed by atoms with van der Waals surface area (Å²) in [6.45, 7) is 0.153. The summed E-state index contributed by atoms with van der Waals surface area (Å²) in [5.74, 6) is 1.53. The molecule has 6 nitrogen and oxygen atoms in total. The van der Waals surface area contributed by atoms with Gasteiger partial charge in [0.25, 0.3) is 0 Å². The van der Waals surface area contributed by atoms with Gasteiger partial charge in [-0.05, 0) is 23.8 Å². The van der Waals surface area contributed by atoms with Gasteiger partial charge >= 0.3 is 5.97 Å². The van der Waals surface area contributed by atoms with Crippen molar-refractivity contribution in [1.82, 2.24) is 0 Å².